The number of hydrogen-bond acceptors (Lipinski definition) is 4. The molecular weight excluding hydrogens is 304 g/mol. The Bertz CT molecular complexity index is 688. The minimum absolute atomic E-state index is 0.115. The largest absolute Gasteiger partial charge is 0.328 e. The molecule has 0 aliphatic heterocycles. The summed E-state index contributed by atoms with van der Waals surface area (Å²) in [5, 5.41) is 5.50. The van der Waals surface area contributed by atoms with Crippen molar-refractivity contribution in [2.45, 2.75) is 23.5 Å². The Morgan fingerprint density at radius 3 is 2.38 bits per heavy atom. The predicted octanol–water partition coefficient (Wildman–Crippen LogP) is 3.03. The molecule has 21 heavy (non-hydrogen) atoms. The van der Waals surface area contributed by atoms with E-state index in [4.69, 9.17) is 5.14 Å². The molecule has 112 valence electrons. The van der Waals surface area contributed by atoms with Gasteiger partial charge in [-0.3, -0.25) is 0 Å². The number of nitrogens with one attached hydrogen (secondary N) is 1. The van der Waals surface area contributed by atoms with E-state index >= 15 is 0 Å². The summed E-state index contributed by atoms with van der Waals surface area (Å²) in [6.45, 7) is 2.09. The van der Waals surface area contributed by atoms with Gasteiger partial charge in [0.15, 0.2) is 0 Å². The van der Waals surface area contributed by atoms with Crippen LogP contribution in [0.2, 0.25) is 0 Å². The van der Waals surface area contributed by atoms with E-state index in [-0.39, 0.29) is 4.90 Å². The molecule has 1 unspecified atom stereocenters. The van der Waals surface area contributed by atoms with Gasteiger partial charge < -0.3 is 4.72 Å². The predicted molar refractivity (Wildman–Crippen MR) is 88.6 cm³/mol. The fourth-order valence-corrected chi connectivity index (χ4v) is 3.49. The first kappa shape index (κ1) is 15.9. The average Bonchev–Trinajstić information content (AvgIpc) is 2.45. The lowest BCUT2D eigenvalue weighted by molar-refractivity contribution is 0.598. The van der Waals surface area contributed by atoms with Gasteiger partial charge in [0.1, 0.15) is 4.90 Å². The second-order valence-electron chi connectivity index (χ2n) is 4.76. The fourth-order valence-electron chi connectivity index (χ4n) is 1.95. The van der Waals surface area contributed by atoms with Crippen molar-refractivity contribution in [1.29, 1.82) is 0 Å². The first-order valence-corrected chi connectivity index (χ1v) is 8.97. The molecule has 0 aliphatic rings. The normalized spacial score (nSPS) is 12.9. The van der Waals surface area contributed by atoms with Crippen LogP contribution in [0.3, 0.4) is 0 Å². The molecule has 0 heterocycles. The number of anilines is 1. The summed E-state index contributed by atoms with van der Waals surface area (Å²) in [6.07, 6.45) is 0.899. The number of hydrogen-bond donors (Lipinski definition) is 2. The number of rotatable bonds is 6. The van der Waals surface area contributed by atoms with Crippen molar-refractivity contribution in [3.63, 3.8) is 0 Å². The molecule has 4 nitrogen and oxygen atoms in total. The molecule has 0 saturated carbocycles. The zero-order valence-electron chi connectivity index (χ0n) is 11.7. The van der Waals surface area contributed by atoms with Gasteiger partial charge in [0.2, 0.25) is 10.0 Å². The Hall–Kier alpha value is -1.50. The Morgan fingerprint density at radius 1 is 1.10 bits per heavy atom. The number of para-hydroxylation sites is 1. The fraction of sp³-hybridized carbons (Fsp3) is 0.200. The van der Waals surface area contributed by atoms with Gasteiger partial charge in [-0.15, -0.1) is 0 Å². The lowest BCUT2D eigenvalue weighted by Gasteiger charge is -2.14. The van der Waals surface area contributed by atoms with Crippen LogP contribution in [0, 0.1) is 0 Å². The number of nitrogens with two attached hydrogens (primary N) is 1. The molecule has 2 aromatic rings. The van der Waals surface area contributed by atoms with E-state index in [1.807, 2.05) is 18.2 Å². The van der Waals surface area contributed by atoms with Gasteiger partial charge >= 0.3 is 0 Å². The zero-order chi connectivity index (χ0) is 15.3. The third-order valence-corrected chi connectivity index (χ3v) is 4.81. The molecule has 6 heteroatoms. The van der Waals surface area contributed by atoms with E-state index in [0.717, 1.165) is 6.42 Å². The van der Waals surface area contributed by atoms with E-state index in [1.165, 1.54) is 23.6 Å². The van der Waals surface area contributed by atoms with Crippen molar-refractivity contribution in [3.05, 3.63) is 60.2 Å². The van der Waals surface area contributed by atoms with Crippen molar-refractivity contribution in [2.24, 2.45) is 5.14 Å². The molecule has 2 aromatic carbocycles. The summed E-state index contributed by atoms with van der Waals surface area (Å²) in [7, 11) is -3.72. The highest BCUT2D eigenvalue weighted by Gasteiger charge is 2.14. The molecular formula is C15H18N2O2S2. The third kappa shape index (κ3) is 4.77. The Labute approximate surface area is 129 Å². The van der Waals surface area contributed by atoms with Crippen LogP contribution in [0.15, 0.2) is 59.5 Å². The summed E-state index contributed by atoms with van der Waals surface area (Å²) in [6, 6.07) is 16.8. The summed E-state index contributed by atoms with van der Waals surface area (Å²) < 4.78 is 26.1. The first-order chi connectivity index (χ1) is 9.97. The minimum atomic E-state index is -3.72. The highest BCUT2D eigenvalue weighted by atomic mass is 32.2. The molecule has 0 aromatic heterocycles. The maximum Gasteiger partial charge on any atom is 0.240 e. The van der Waals surface area contributed by atoms with E-state index < -0.39 is 10.0 Å². The Kier molecular flexibility index (Phi) is 5.27. The molecule has 0 saturated heterocycles. The van der Waals surface area contributed by atoms with Crippen LogP contribution in [-0.4, -0.2) is 13.7 Å². The number of benzene rings is 2. The van der Waals surface area contributed by atoms with Crippen LogP contribution in [0.5, 0.6) is 0 Å². The van der Waals surface area contributed by atoms with Crippen LogP contribution in [0.1, 0.15) is 12.5 Å². The van der Waals surface area contributed by atoms with Crippen LogP contribution in [-0.2, 0) is 16.4 Å². The molecule has 0 amide bonds. The summed E-state index contributed by atoms with van der Waals surface area (Å²) in [5.74, 6) is 0. The van der Waals surface area contributed by atoms with E-state index in [2.05, 4.69) is 23.8 Å². The number of primary sulfonamides is 1. The lowest BCUT2D eigenvalue weighted by atomic mass is 10.1. The van der Waals surface area contributed by atoms with Gasteiger partial charge in [-0.25, -0.2) is 13.6 Å². The van der Waals surface area contributed by atoms with E-state index in [1.54, 1.807) is 18.2 Å². The first-order valence-electron chi connectivity index (χ1n) is 6.54. The highest BCUT2D eigenvalue weighted by molar-refractivity contribution is 8.01. The van der Waals surface area contributed by atoms with Gasteiger partial charge in [-0.05, 0) is 36.1 Å². The lowest BCUT2D eigenvalue weighted by Crippen LogP contribution is -2.14. The molecule has 0 spiro atoms. The van der Waals surface area contributed by atoms with Crippen LogP contribution in [0.25, 0.3) is 0 Å². The van der Waals surface area contributed by atoms with Gasteiger partial charge in [0.05, 0.1) is 5.69 Å². The SMILES string of the molecule is CC(Cc1ccccc1)SNc1ccccc1S(N)(=O)=O. The van der Waals surface area contributed by atoms with E-state index in [9.17, 15) is 8.42 Å². The second-order valence-corrected chi connectivity index (χ2v) is 7.54. The van der Waals surface area contributed by atoms with Crippen molar-refractivity contribution in [1.82, 2.24) is 0 Å². The average molecular weight is 322 g/mol. The van der Waals surface area contributed by atoms with Crippen molar-refractivity contribution < 1.29 is 8.42 Å². The highest BCUT2D eigenvalue weighted by Crippen LogP contribution is 2.25. The summed E-state index contributed by atoms with van der Waals surface area (Å²) >= 11 is 1.48. The molecule has 0 bridgehead atoms. The quantitative estimate of drug-likeness (QED) is 0.802. The smallest absolute Gasteiger partial charge is 0.240 e. The van der Waals surface area contributed by atoms with Gasteiger partial charge in [-0.1, -0.05) is 49.4 Å². The molecule has 0 radical (unpaired) electrons. The van der Waals surface area contributed by atoms with Gasteiger partial charge in [0, 0.05) is 5.25 Å². The monoisotopic (exact) mass is 322 g/mol. The Balaban J connectivity index is 2.00. The molecule has 3 N–H and O–H groups in total. The summed E-state index contributed by atoms with van der Waals surface area (Å²) in [4.78, 5) is 0.115. The zero-order valence-corrected chi connectivity index (χ0v) is 13.3. The van der Waals surface area contributed by atoms with Crippen molar-refractivity contribution in [2.75, 3.05) is 4.72 Å². The minimum Gasteiger partial charge on any atom is -0.328 e. The second kappa shape index (κ2) is 6.98. The molecule has 0 fully saturated rings. The van der Waals surface area contributed by atoms with Gasteiger partial charge in [-0.2, -0.15) is 0 Å². The van der Waals surface area contributed by atoms with Crippen molar-refractivity contribution >= 4 is 27.7 Å². The van der Waals surface area contributed by atoms with Crippen LogP contribution >= 0.6 is 11.9 Å². The molecule has 2 rings (SSSR count). The van der Waals surface area contributed by atoms with Crippen molar-refractivity contribution in [3.8, 4) is 0 Å². The van der Waals surface area contributed by atoms with Crippen LogP contribution < -0.4 is 9.86 Å². The maximum atomic E-state index is 11.5. The topological polar surface area (TPSA) is 72.2 Å². The molecule has 0 aliphatic carbocycles. The number of sulfonamides is 1. The Morgan fingerprint density at radius 2 is 1.71 bits per heavy atom. The third-order valence-electron chi connectivity index (χ3n) is 2.93. The van der Waals surface area contributed by atoms with Gasteiger partial charge in [0.25, 0.3) is 0 Å². The van der Waals surface area contributed by atoms with E-state index in [0.29, 0.717) is 10.9 Å². The molecule has 1 atom stereocenters. The van der Waals surface area contributed by atoms with Crippen LogP contribution in [0.4, 0.5) is 5.69 Å². The standard InChI is InChI=1S/C15H18N2O2S2/c1-12(11-13-7-3-2-4-8-13)20-17-14-9-5-6-10-15(14)21(16,18)19/h2-10,12,17H,11H2,1H3,(H2,16,18,19). The summed E-state index contributed by atoms with van der Waals surface area (Å²) in [5.41, 5.74) is 1.77. The maximum absolute atomic E-state index is 11.5.